The minimum atomic E-state index is -0.141. The molecule has 3 nitrogen and oxygen atoms in total. The summed E-state index contributed by atoms with van der Waals surface area (Å²) in [6, 6.07) is 10.5. The van der Waals surface area contributed by atoms with Crippen molar-refractivity contribution in [1.29, 1.82) is 0 Å². The van der Waals surface area contributed by atoms with E-state index in [0.29, 0.717) is 13.0 Å². The van der Waals surface area contributed by atoms with Crippen LogP contribution in [0.1, 0.15) is 39.7 Å². The minimum Gasteiger partial charge on any atom is -0.466 e. The zero-order valence-corrected chi connectivity index (χ0v) is 12.4. The molecule has 1 aromatic rings. The summed E-state index contributed by atoms with van der Waals surface area (Å²) >= 11 is 0. The summed E-state index contributed by atoms with van der Waals surface area (Å²) in [5.41, 5.74) is 1.25. The molecule has 0 aliphatic carbocycles. The Bertz CT molecular complexity index is 387. The number of hydrogen-bond acceptors (Lipinski definition) is 3. The van der Waals surface area contributed by atoms with Gasteiger partial charge in [-0.3, -0.25) is 4.79 Å². The van der Waals surface area contributed by atoms with Crippen molar-refractivity contribution < 1.29 is 9.53 Å². The maximum atomic E-state index is 11.4. The second kappa shape index (κ2) is 7.29. The molecule has 0 heterocycles. The van der Waals surface area contributed by atoms with E-state index in [0.717, 1.165) is 6.42 Å². The number of nitrogens with one attached hydrogen (secondary N) is 1. The molecule has 0 aliphatic rings. The van der Waals surface area contributed by atoms with Gasteiger partial charge in [-0.15, -0.1) is 0 Å². The van der Waals surface area contributed by atoms with Crippen LogP contribution in [0.15, 0.2) is 30.3 Å². The van der Waals surface area contributed by atoms with Crippen LogP contribution in [0.3, 0.4) is 0 Å². The fraction of sp³-hybridized carbons (Fsp3) is 0.562. The number of carbonyl (C=O) groups is 1. The number of hydrogen-bond donors (Lipinski definition) is 1. The first kappa shape index (κ1) is 15.7. The van der Waals surface area contributed by atoms with Gasteiger partial charge in [-0.05, 0) is 39.7 Å². The van der Waals surface area contributed by atoms with Crippen LogP contribution in [0.2, 0.25) is 0 Å². The molecule has 0 amide bonds. The summed E-state index contributed by atoms with van der Waals surface area (Å²) in [5, 5.41) is 3.49. The predicted molar refractivity (Wildman–Crippen MR) is 78.1 cm³/mol. The summed E-state index contributed by atoms with van der Waals surface area (Å²) in [5.74, 6) is -0.141. The second-order valence-corrected chi connectivity index (χ2v) is 5.60. The smallest absolute Gasteiger partial charge is 0.307 e. The van der Waals surface area contributed by atoms with E-state index in [4.69, 9.17) is 4.74 Å². The molecule has 0 fully saturated rings. The Labute approximate surface area is 116 Å². The van der Waals surface area contributed by atoms with Crippen LogP contribution in [-0.2, 0) is 16.0 Å². The lowest BCUT2D eigenvalue weighted by molar-refractivity contribution is -0.143. The van der Waals surface area contributed by atoms with Crippen molar-refractivity contribution in [2.24, 2.45) is 0 Å². The number of benzene rings is 1. The van der Waals surface area contributed by atoms with Gasteiger partial charge in [-0.2, -0.15) is 0 Å². The highest BCUT2D eigenvalue weighted by Gasteiger charge is 2.22. The van der Waals surface area contributed by atoms with Crippen molar-refractivity contribution in [3.05, 3.63) is 35.9 Å². The summed E-state index contributed by atoms with van der Waals surface area (Å²) in [4.78, 5) is 11.4. The normalized spacial score (nSPS) is 13.1. The third-order valence-corrected chi connectivity index (χ3v) is 2.90. The van der Waals surface area contributed by atoms with E-state index in [-0.39, 0.29) is 17.6 Å². The van der Waals surface area contributed by atoms with Crippen molar-refractivity contribution in [2.45, 2.75) is 52.1 Å². The molecule has 0 aliphatic heterocycles. The molecule has 0 radical (unpaired) electrons. The molecule has 0 bridgehead atoms. The first-order valence-corrected chi connectivity index (χ1v) is 6.90. The van der Waals surface area contributed by atoms with Crippen molar-refractivity contribution in [1.82, 2.24) is 5.32 Å². The maximum Gasteiger partial charge on any atom is 0.307 e. The molecular formula is C16H25NO2. The highest BCUT2D eigenvalue weighted by atomic mass is 16.5. The zero-order chi connectivity index (χ0) is 14.3. The summed E-state index contributed by atoms with van der Waals surface area (Å²) in [6.07, 6.45) is 1.34. The van der Waals surface area contributed by atoms with Gasteiger partial charge in [-0.1, -0.05) is 30.3 Å². The number of carbonyl (C=O) groups excluding carboxylic acids is 1. The summed E-state index contributed by atoms with van der Waals surface area (Å²) < 4.78 is 4.97. The van der Waals surface area contributed by atoms with Gasteiger partial charge in [0.25, 0.3) is 0 Å². The van der Waals surface area contributed by atoms with Crippen molar-refractivity contribution in [2.75, 3.05) is 6.61 Å². The highest BCUT2D eigenvalue weighted by molar-refractivity contribution is 5.70. The first-order valence-electron chi connectivity index (χ1n) is 6.90. The third-order valence-electron chi connectivity index (χ3n) is 2.90. The van der Waals surface area contributed by atoms with Gasteiger partial charge in [0.15, 0.2) is 0 Å². The van der Waals surface area contributed by atoms with Gasteiger partial charge in [0.1, 0.15) is 0 Å². The molecule has 0 saturated heterocycles. The van der Waals surface area contributed by atoms with Crippen LogP contribution < -0.4 is 5.32 Å². The monoisotopic (exact) mass is 263 g/mol. The molecule has 3 heteroatoms. The fourth-order valence-corrected chi connectivity index (χ4v) is 2.35. The Balaban J connectivity index is 2.47. The van der Waals surface area contributed by atoms with Gasteiger partial charge in [0, 0.05) is 11.6 Å². The molecule has 1 unspecified atom stereocenters. The average Bonchev–Trinajstić information content (AvgIpc) is 2.28. The molecular weight excluding hydrogens is 238 g/mol. The van der Waals surface area contributed by atoms with E-state index in [1.165, 1.54) is 5.56 Å². The fourth-order valence-electron chi connectivity index (χ4n) is 2.35. The molecule has 1 rings (SSSR count). The van der Waals surface area contributed by atoms with Crippen molar-refractivity contribution in [3.8, 4) is 0 Å². The molecule has 1 N–H and O–H groups in total. The van der Waals surface area contributed by atoms with Crippen LogP contribution in [0.5, 0.6) is 0 Å². The molecule has 0 spiro atoms. The van der Waals surface area contributed by atoms with Crippen molar-refractivity contribution >= 4 is 5.97 Å². The molecule has 1 atom stereocenters. The molecule has 0 saturated carbocycles. The molecule has 1 aromatic carbocycles. The molecule has 106 valence electrons. The Kier molecular flexibility index (Phi) is 6.03. The Morgan fingerprint density at radius 3 is 2.53 bits per heavy atom. The SMILES string of the molecule is CCOC(=O)CC(C)NC(C)(C)Cc1ccccc1. The highest BCUT2D eigenvalue weighted by Crippen LogP contribution is 2.14. The van der Waals surface area contributed by atoms with Crippen LogP contribution >= 0.6 is 0 Å². The van der Waals surface area contributed by atoms with Gasteiger partial charge in [0.2, 0.25) is 0 Å². The van der Waals surface area contributed by atoms with E-state index in [1.807, 2.05) is 32.0 Å². The second-order valence-electron chi connectivity index (χ2n) is 5.60. The van der Waals surface area contributed by atoms with Crippen LogP contribution in [-0.4, -0.2) is 24.2 Å². The minimum absolute atomic E-state index is 0.0483. The van der Waals surface area contributed by atoms with E-state index in [9.17, 15) is 4.79 Å². The van der Waals surface area contributed by atoms with E-state index in [1.54, 1.807) is 0 Å². The Hall–Kier alpha value is -1.35. The van der Waals surface area contributed by atoms with Gasteiger partial charge >= 0.3 is 5.97 Å². The molecule has 19 heavy (non-hydrogen) atoms. The summed E-state index contributed by atoms with van der Waals surface area (Å²) in [6.45, 7) is 8.60. The van der Waals surface area contributed by atoms with Crippen LogP contribution in [0.4, 0.5) is 0 Å². The van der Waals surface area contributed by atoms with Crippen LogP contribution in [0, 0.1) is 0 Å². The van der Waals surface area contributed by atoms with E-state index in [2.05, 4.69) is 31.3 Å². The third kappa shape index (κ3) is 6.39. The van der Waals surface area contributed by atoms with E-state index < -0.39 is 0 Å². The number of ether oxygens (including phenoxy) is 1. The van der Waals surface area contributed by atoms with Gasteiger partial charge < -0.3 is 10.1 Å². The average molecular weight is 263 g/mol. The maximum absolute atomic E-state index is 11.4. The lowest BCUT2D eigenvalue weighted by Gasteiger charge is -2.30. The first-order chi connectivity index (χ1) is 8.93. The largest absolute Gasteiger partial charge is 0.466 e. The van der Waals surface area contributed by atoms with Gasteiger partial charge in [-0.25, -0.2) is 0 Å². The summed E-state index contributed by atoms with van der Waals surface area (Å²) in [7, 11) is 0. The zero-order valence-electron chi connectivity index (χ0n) is 12.4. The predicted octanol–water partition coefficient (Wildman–Crippen LogP) is 2.94. The number of esters is 1. The molecule has 0 aromatic heterocycles. The topological polar surface area (TPSA) is 38.3 Å². The Morgan fingerprint density at radius 2 is 1.95 bits per heavy atom. The lowest BCUT2D eigenvalue weighted by Crippen LogP contribution is -2.47. The van der Waals surface area contributed by atoms with Gasteiger partial charge in [0.05, 0.1) is 13.0 Å². The lowest BCUT2D eigenvalue weighted by atomic mass is 9.94. The quantitative estimate of drug-likeness (QED) is 0.769. The standard InChI is InChI=1S/C16H25NO2/c1-5-19-15(18)11-13(2)17-16(3,4)12-14-9-7-6-8-10-14/h6-10,13,17H,5,11-12H2,1-4H3. The van der Waals surface area contributed by atoms with Crippen LogP contribution in [0.25, 0.3) is 0 Å². The van der Waals surface area contributed by atoms with E-state index >= 15 is 0 Å². The Morgan fingerprint density at radius 1 is 1.32 bits per heavy atom. The number of rotatable bonds is 7. The van der Waals surface area contributed by atoms with Crippen molar-refractivity contribution in [3.63, 3.8) is 0 Å².